The van der Waals surface area contributed by atoms with Gasteiger partial charge in [-0.3, -0.25) is 14.6 Å². The largest absolute Gasteiger partial charge is 0.342 e. The summed E-state index contributed by atoms with van der Waals surface area (Å²) in [5.41, 5.74) is 0.974. The molecule has 1 aromatic heterocycles. The van der Waals surface area contributed by atoms with Crippen LogP contribution in [-0.2, 0) is 9.59 Å². The van der Waals surface area contributed by atoms with E-state index in [-0.39, 0.29) is 23.8 Å². The van der Waals surface area contributed by atoms with Gasteiger partial charge >= 0.3 is 0 Å². The third-order valence-corrected chi connectivity index (χ3v) is 7.38. The van der Waals surface area contributed by atoms with Gasteiger partial charge in [0.05, 0.1) is 12.0 Å². The van der Waals surface area contributed by atoms with Crippen LogP contribution in [0.15, 0.2) is 36.7 Å². The summed E-state index contributed by atoms with van der Waals surface area (Å²) in [5.74, 6) is 2.49. The van der Waals surface area contributed by atoms with Crippen molar-refractivity contribution in [3.8, 4) is 0 Å². The van der Waals surface area contributed by atoms with Gasteiger partial charge in [-0.15, -0.1) is 0 Å². The Morgan fingerprint density at radius 1 is 1.19 bits per heavy atom. The molecule has 6 rings (SSSR count). The van der Waals surface area contributed by atoms with Gasteiger partial charge < -0.3 is 9.80 Å². The number of nitrogens with zero attached hydrogens (tertiary/aromatic N) is 3. The molecule has 27 heavy (non-hydrogen) atoms. The average Bonchev–Trinajstić information content (AvgIpc) is 3.32. The third-order valence-electron chi connectivity index (χ3n) is 7.38. The summed E-state index contributed by atoms with van der Waals surface area (Å²) in [6.07, 6.45) is 11.2. The molecular weight excluding hydrogens is 338 g/mol. The van der Waals surface area contributed by atoms with Crippen molar-refractivity contribution < 1.29 is 9.59 Å². The number of allylic oxidation sites excluding steroid dienone is 2. The molecule has 2 amide bonds. The van der Waals surface area contributed by atoms with Gasteiger partial charge in [0.25, 0.3) is 0 Å². The Bertz CT molecular complexity index is 755. The molecule has 6 atom stereocenters. The maximum absolute atomic E-state index is 13.5. The number of carbonyl (C=O) groups excluding carboxylic acids is 2. The van der Waals surface area contributed by atoms with Gasteiger partial charge in [0.2, 0.25) is 11.8 Å². The highest BCUT2D eigenvalue weighted by Gasteiger charge is 2.51. The Labute approximate surface area is 160 Å². The van der Waals surface area contributed by atoms with Crippen molar-refractivity contribution in [2.45, 2.75) is 32.2 Å². The molecule has 5 nitrogen and oxygen atoms in total. The highest BCUT2D eigenvalue weighted by molar-refractivity contribution is 5.90. The fraction of sp³-hybridized carbons (Fsp3) is 0.591. The highest BCUT2D eigenvalue weighted by Crippen LogP contribution is 2.49. The smallest absolute Gasteiger partial charge is 0.228 e. The Morgan fingerprint density at radius 3 is 2.44 bits per heavy atom. The van der Waals surface area contributed by atoms with Crippen molar-refractivity contribution in [1.82, 2.24) is 14.8 Å². The predicted octanol–water partition coefficient (Wildman–Crippen LogP) is 2.66. The lowest BCUT2D eigenvalue weighted by atomic mass is 9.64. The molecule has 3 fully saturated rings. The van der Waals surface area contributed by atoms with Crippen molar-refractivity contribution in [2.24, 2.45) is 29.6 Å². The number of likely N-dealkylation sites (tertiary alicyclic amines) is 2. The Hall–Kier alpha value is -2.17. The minimum absolute atomic E-state index is 0.0862. The van der Waals surface area contributed by atoms with E-state index < -0.39 is 0 Å². The van der Waals surface area contributed by atoms with Crippen LogP contribution in [0.4, 0.5) is 0 Å². The van der Waals surface area contributed by atoms with Gasteiger partial charge in [-0.2, -0.15) is 0 Å². The summed E-state index contributed by atoms with van der Waals surface area (Å²) >= 11 is 0. The van der Waals surface area contributed by atoms with Crippen LogP contribution in [0, 0.1) is 29.6 Å². The Morgan fingerprint density at radius 2 is 1.89 bits per heavy atom. The predicted molar refractivity (Wildman–Crippen MR) is 101 cm³/mol. The van der Waals surface area contributed by atoms with Crippen molar-refractivity contribution >= 4 is 11.8 Å². The highest BCUT2D eigenvalue weighted by atomic mass is 16.2. The lowest BCUT2D eigenvalue weighted by Gasteiger charge is -2.40. The molecule has 3 aliphatic carbocycles. The third kappa shape index (κ3) is 2.62. The van der Waals surface area contributed by atoms with E-state index in [0.29, 0.717) is 36.6 Å². The number of fused-ring (bicyclic) bond motifs is 1. The summed E-state index contributed by atoms with van der Waals surface area (Å²) in [6.45, 7) is 4.35. The molecule has 3 heterocycles. The van der Waals surface area contributed by atoms with E-state index in [9.17, 15) is 9.59 Å². The molecule has 0 N–H and O–H groups in total. The zero-order valence-corrected chi connectivity index (χ0v) is 15.8. The van der Waals surface area contributed by atoms with Crippen LogP contribution in [0.25, 0.3) is 0 Å². The first-order chi connectivity index (χ1) is 13.2. The topological polar surface area (TPSA) is 53.5 Å². The zero-order chi connectivity index (χ0) is 18.5. The number of rotatable bonds is 3. The van der Waals surface area contributed by atoms with E-state index in [2.05, 4.69) is 22.0 Å². The van der Waals surface area contributed by atoms with Gasteiger partial charge in [-0.05, 0) is 55.1 Å². The summed E-state index contributed by atoms with van der Waals surface area (Å²) in [4.78, 5) is 34.3. The molecule has 0 spiro atoms. The monoisotopic (exact) mass is 365 g/mol. The molecule has 5 heteroatoms. The number of aromatic nitrogens is 1. The zero-order valence-electron chi connectivity index (χ0n) is 15.8. The molecule has 5 aliphatic rings. The molecule has 0 aromatic carbocycles. The minimum atomic E-state index is -0.285. The van der Waals surface area contributed by atoms with E-state index in [1.54, 1.807) is 12.4 Å². The quantitative estimate of drug-likeness (QED) is 0.774. The molecule has 2 aliphatic heterocycles. The van der Waals surface area contributed by atoms with Crippen molar-refractivity contribution in [3.05, 3.63) is 42.2 Å². The lowest BCUT2D eigenvalue weighted by molar-refractivity contribution is -0.135. The van der Waals surface area contributed by atoms with Crippen LogP contribution in [0.1, 0.15) is 37.8 Å². The maximum atomic E-state index is 13.5. The van der Waals surface area contributed by atoms with Gasteiger partial charge in [0.1, 0.15) is 0 Å². The van der Waals surface area contributed by atoms with E-state index in [0.717, 1.165) is 18.7 Å². The van der Waals surface area contributed by atoms with Crippen molar-refractivity contribution in [2.75, 3.05) is 19.6 Å². The van der Waals surface area contributed by atoms with Crippen LogP contribution in [0.2, 0.25) is 0 Å². The summed E-state index contributed by atoms with van der Waals surface area (Å²) in [6, 6.07) is 3.70. The molecular formula is C22H27N3O2. The molecule has 0 radical (unpaired) electrons. The SMILES string of the molecule is CCN1C(=O)C[C@H](C(=O)N2CC3C4C=CC(CC4)C3C2)[C@H]1c1cccnc1. The summed E-state index contributed by atoms with van der Waals surface area (Å²) in [7, 11) is 0. The second kappa shape index (κ2) is 6.47. The molecule has 4 unspecified atom stereocenters. The Kier molecular flexibility index (Phi) is 4.06. The van der Waals surface area contributed by atoms with Crippen molar-refractivity contribution in [1.29, 1.82) is 0 Å². The average molecular weight is 365 g/mol. The first-order valence-electron chi connectivity index (χ1n) is 10.3. The normalized spacial score (nSPS) is 37.1. The van der Waals surface area contributed by atoms with E-state index in [1.807, 2.05) is 24.0 Å². The molecule has 1 aromatic rings. The fourth-order valence-electron chi connectivity index (χ4n) is 6.10. The van der Waals surface area contributed by atoms with Gasteiger partial charge in [-0.1, -0.05) is 18.2 Å². The molecule has 142 valence electrons. The van der Waals surface area contributed by atoms with Crippen LogP contribution >= 0.6 is 0 Å². The van der Waals surface area contributed by atoms with Crippen LogP contribution in [0.3, 0.4) is 0 Å². The first-order valence-corrected chi connectivity index (χ1v) is 10.3. The summed E-state index contributed by atoms with van der Waals surface area (Å²) < 4.78 is 0. The fourth-order valence-corrected chi connectivity index (χ4v) is 6.10. The Balaban J connectivity index is 1.40. The van der Waals surface area contributed by atoms with Gasteiger partial charge in [-0.25, -0.2) is 0 Å². The molecule has 2 bridgehead atoms. The van der Waals surface area contributed by atoms with E-state index in [1.165, 1.54) is 12.8 Å². The second-order valence-electron chi connectivity index (χ2n) is 8.58. The second-order valence-corrected chi connectivity index (χ2v) is 8.58. The number of hydrogen-bond donors (Lipinski definition) is 0. The van der Waals surface area contributed by atoms with Crippen molar-refractivity contribution in [3.63, 3.8) is 0 Å². The number of amides is 2. The number of carbonyl (C=O) groups is 2. The minimum Gasteiger partial charge on any atom is -0.342 e. The number of pyridine rings is 1. The van der Waals surface area contributed by atoms with E-state index in [4.69, 9.17) is 0 Å². The van der Waals surface area contributed by atoms with Gasteiger partial charge in [0.15, 0.2) is 0 Å². The molecule has 2 saturated heterocycles. The van der Waals surface area contributed by atoms with Crippen LogP contribution in [0.5, 0.6) is 0 Å². The van der Waals surface area contributed by atoms with E-state index >= 15 is 0 Å². The lowest BCUT2D eigenvalue weighted by Crippen LogP contribution is -2.38. The summed E-state index contributed by atoms with van der Waals surface area (Å²) in [5, 5.41) is 0. The van der Waals surface area contributed by atoms with Gasteiger partial charge in [0, 0.05) is 38.4 Å². The molecule has 1 saturated carbocycles. The standard InChI is InChI=1S/C22H27N3O2/c1-2-25-20(26)10-17(21(25)16-4-3-9-23-11-16)22(27)24-12-18-14-5-6-15(8-7-14)19(18)13-24/h3-6,9,11,14-15,17-19,21H,2,7-8,10,12-13H2,1H3/t14?,15?,17-,18?,19?,21+/m0/s1. The maximum Gasteiger partial charge on any atom is 0.228 e. The van der Waals surface area contributed by atoms with Crippen LogP contribution < -0.4 is 0 Å². The number of hydrogen-bond acceptors (Lipinski definition) is 3. The van der Waals surface area contributed by atoms with Crippen LogP contribution in [-0.4, -0.2) is 46.2 Å². The first kappa shape index (κ1) is 17.0.